The molecule has 130 valence electrons. The van der Waals surface area contributed by atoms with Gasteiger partial charge in [-0.15, -0.1) is 11.3 Å². The van der Waals surface area contributed by atoms with Crippen molar-refractivity contribution in [2.24, 2.45) is 0 Å². The highest BCUT2D eigenvalue weighted by Gasteiger charge is 2.26. The Morgan fingerprint density at radius 1 is 1.15 bits per heavy atom. The fourth-order valence-corrected chi connectivity index (χ4v) is 3.95. The van der Waals surface area contributed by atoms with E-state index in [0.717, 1.165) is 22.0 Å². The van der Waals surface area contributed by atoms with Crippen molar-refractivity contribution in [3.05, 3.63) is 65.4 Å². The van der Waals surface area contributed by atoms with E-state index in [0.29, 0.717) is 31.4 Å². The standard InChI is InChI=1S/C20H17N3O2S/c24-18-9-12-23(17-4-2-1-3-16(17)18)19(25)6-5-15-13-26-20(22-15)14-7-10-21-11-8-14/h1-4,7-8,10-11,13H,5-6,9,12H2. The maximum Gasteiger partial charge on any atom is 0.227 e. The first kappa shape index (κ1) is 16.6. The van der Waals surface area contributed by atoms with E-state index in [9.17, 15) is 9.59 Å². The van der Waals surface area contributed by atoms with Crippen molar-refractivity contribution in [1.82, 2.24) is 9.97 Å². The number of aromatic nitrogens is 2. The van der Waals surface area contributed by atoms with Gasteiger partial charge in [-0.2, -0.15) is 0 Å². The fourth-order valence-electron chi connectivity index (χ4n) is 3.09. The number of fused-ring (bicyclic) bond motifs is 1. The Kier molecular flexibility index (Phi) is 4.58. The van der Waals surface area contributed by atoms with Crippen LogP contribution in [0.3, 0.4) is 0 Å². The number of para-hydroxylation sites is 1. The maximum absolute atomic E-state index is 12.7. The number of hydrogen-bond donors (Lipinski definition) is 0. The SMILES string of the molecule is O=C1CCN(C(=O)CCc2csc(-c3ccncc3)n2)c2ccccc21. The highest BCUT2D eigenvalue weighted by molar-refractivity contribution is 7.13. The van der Waals surface area contributed by atoms with Crippen molar-refractivity contribution < 1.29 is 9.59 Å². The van der Waals surface area contributed by atoms with Gasteiger partial charge in [-0.3, -0.25) is 14.6 Å². The Morgan fingerprint density at radius 3 is 2.81 bits per heavy atom. The number of rotatable bonds is 4. The van der Waals surface area contributed by atoms with Crippen molar-refractivity contribution in [2.75, 3.05) is 11.4 Å². The summed E-state index contributed by atoms with van der Waals surface area (Å²) >= 11 is 1.57. The number of thiazole rings is 1. The number of hydrogen-bond acceptors (Lipinski definition) is 5. The van der Waals surface area contributed by atoms with Crippen LogP contribution in [0.15, 0.2) is 54.2 Å². The topological polar surface area (TPSA) is 63.2 Å². The molecule has 1 aliphatic heterocycles. The summed E-state index contributed by atoms with van der Waals surface area (Å²) < 4.78 is 0. The number of pyridine rings is 1. The Bertz CT molecular complexity index is 952. The number of carbonyl (C=O) groups excluding carboxylic acids is 2. The second-order valence-corrected chi connectivity index (χ2v) is 6.97. The number of nitrogens with zero attached hydrogens (tertiary/aromatic N) is 3. The van der Waals surface area contributed by atoms with Gasteiger partial charge in [-0.25, -0.2) is 4.98 Å². The molecule has 0 unspecified atom stereocenters. The molecule has 0 atom stereocenters. The molecule has 1 aromatic carbocycles. The number of carbonyl (C=O) groups is 2. The first-order chi connectivity index (χ1) is 12.7. The van der Waals surface area contributed by atoms with Crippen molar-refractivity contribution in [1.29, 1.82) is 0 Å². The Morgan fingerprint density at radius 2 is 1.96 bits per heavy atom. The van der Waals surface area contributed by atoms with E-state index in [-0.39, 0.29) is 11.7 Å². The minimum atomic E-state index is 0.0309. The first-order valence-corrected chi connectivity index (χ1v) is 9.38. The average molecular weight is 363 g/mol. The van der Waals surface area contributed by atoms with Crippen molar-refractivity contribution in [3.8, 4) is 10.6 Å². The van der Waals surface area contributed by atoms with Crippen LogP contribution in [0.1, 0.15) is 28.9 Å². The third-order valence-corrected chi connectivity index (χ3v) is 5.37. The molecule has 1 amide bonds. The molecule has 4 rings (SSSR count). The van der Waals surface area contributed by atoms with E-state index in [1.165, 1.54) is 0 Å². The molecule has 5 nitrogen and oxygen atoms in total. The lowest BCUT2D eigenvalue weighted by atomic mass is 10.00. The van der Waals surface area contributed by atoms with Crippen LogP contribution in [0.25, 0.3) is 10.6 Å². The molecule has 0 fully saturated rings. The summed E-state index contributed by atoms with van der Waals surface area (Å²) in [5, 5.41) is 2.93. The second-order valence-electron chi connectivity index (χ2n) is 6.12. The van der Waals surface area contributed by atoms with Gasteiger partial charge in [0.2, 0.25) is 5.91 Å². The number of amides is 1. The Balaban J connectivity index is 1.44. The number of aryl methyl sites for hydroxylation is 1. The number of Topliss-reactive ketones (excluding diaryl/α,β-unsaturated/α-hetero) is 1. The van der Waals surface area contributed by atoms with Gasteiger partial charge in [0.25, 0.3) is 0 Å². The lowest BCUT2D eigenvalue weighted by Crippen LogP contribution is -2.37. The predicted octanol–water partition coefficient (Wildman–Crippen LogP) is 3.76. The summed E-state index contributed by atoms with van der Waals surface area (Å²) in [6, 6.07) is 11.2. The van der Waals surface area contributed by atoms with E-state index in [1.54, 1.807) is 34.7 Å². The molecule has 0 N–H and O–H groups in total. The lowest BCUT2D eigenvalue weighted by Gasteiger charge is -2.28. The summed E-state index contributed by atoms with van der Waals surface area (Å²) in [4.78, 5) is 35.1. The zero-order chi connectivity index (χ0) is 17.9. The predicted molar refractivity (Wildman–Crippen MR) is 101 cm³/mol. The molecular weight excluding hydrogens is 346 g/mol. The van der Waals surface area contributed by atoms with E-state index in [1.807, 2.05) is 35.7 Å². The van der Waals surface area contributed by atoms with E-state index in [2.05, 4.69) is 9.97 Å². The molecule has 3 heterocycles. The smallest absolute Gasteiger partial charge is 0.227 e. The molecule has 1 aliphatic rings. The number of ketones is 1. The van der Waals surface area contributed by atoms with Gasteiger partial charge in [0, 0.05) is 48.3 Å². The zero-order valence-electron chi connectivity index (χ0n) is 14.1. The normalized spacial score (nSPS) is 13.5. The van der Waals surface area contributed by atoms with Crippen molar-refractivity contribution in [2.45, 2.75) is 19.3 Å². The van der Waals surface area contributed by atoms with Gasteiger partial charge >= 0.3 is 0 Å². The maximum atomic E-state index is 12.7. The zero-order valence-corrected chi connectivity index (χ0v) is 14.9. The highest BCUT2D eigenvalue weighted by Crippen LogP contribution is 2.28. The molecule has 26 heavy (non-hydrogen) atoms. The third-order valence-electron chi connectivity index (χ3n) is 4.43. The van der Waals surface area contributed by atoms with E-state index >= 15 is 0 Å². The third kappa shape index (κ3) is 3.28. The summed E-state index contributed by atoms with van der Waals surface area (Å²) in [6.07, 6.45) is 4.84. The molecule has 6 heteroatoms. The molecule has 2 aromatic heterocycles. The first-order valence-electron chi connectivity index (χ1n) is 8.50. The molecule has 0 radical (unpaired) electrons. The van der Waals surface area contributed by atoms with Gasteiger partial charge in [0.15, 0.2) is 5.78 Å². The monoisotopic (exact) mass is 363 g/mol. The van der Waals surface area contributed by atoms with Gasteiger partial charge in [0.1, 0.15) is 5.01 Å². The van der Waals surface area contributed by atoms with Crippen LogP contribution in [-0.2, 0) is 11.2 Å². The fraction of sp³-hybridized carbons (Fsp3) is 0.200. The van der Waals surface area contributed by atoms with Crippen molar-refractivity contribution in [3.63, 3.8) is 0 Å². The van der Waals surface area contributed by atoms with Crippen LogP contribution >= 0.6 is 11.3 Å². The van der Waals surface area contributed by atoms with Crippen LogP contribution in [0.2, 0.25) is 0 Å². The molecule has 3 aromatic rings. The van der Waals surface area contributed by atoms with Crippen LogP contribution in [0.5, 0.6) is 0 Å². The van der Waals surface area contributed by atoms with Gasteiger partial charge in [-0.1, -0.05) is 12.1 Å². The number of anilines is 1. The largest absolute Gasteiger partial charge is 0.311 e. The molecule has 0 bridgehead atoms. The van der Waals surface area contributed by atoms with Gasteiger partial charge in [0.05, 0.1) is 11.4 Å². The number of benzene rings is 1. The highest BCUT2D eigenvalue weighted by atomic mass is 32.1. The van der Waals surface area contributed by atoms with Crippen LogP contribution < -0.4 is 4.90 Å². The molecule has 0 spiro atoms. The summed E-state index contributed by atoms with van der Waals surface area (Å²) in [5.41, 5.74) is 3.31. The lowest BCUT2D eigenvalue weighted by molar-refractivity contribution is -0.118. The van der Waals surface area contributed by atoms with Crippen LogP contribution in [-0.4, -0.2) is 28.2 Å². The van der Waals surface area contributed by atoms with Crippen LogP contribution in [0.4, 0.5) is 5.69 Å². The van der Waals surface area contributed by atoms with E-state index < -0.39 is 0 Å². The van der Waals surface area contributed by atoms with Crippen molar-refractivity contribution >= 4 is 28.7 Å². The molecular formula is C20H17N3O2S. The minimum Gasteiger partial charge on any atom is -0.311 e. The quantitative estimate of drug-likeness (QED) is 0.708. The minimum absolute atomic E-state index is 0.0309. The Hall–Kier alpha value is -2.86. The summed E-state index contributed by atoms with van der Waals surface area (Å²) in [6.45, 7) is 0.452. The van der Waals surface area contributed by atoms with Gasteiger partial charge in [-0.05, 0) is 30.7 Å². The average Bonchev–Trinajstić information content (AvgIpc) is 3.16. The summed E-state index contributed by atoms with van der Waals surface area (Å²) in [7, 11) is 0. The molecule has 0 aliphatic carbocycles. The molecule has 0 saturated heterocycles. The molecule has 0 saturated carbocycles. The summed E-state index contributed by atoms with van der Waals surface area (Å²) in [5.74, 6) is 0.134. The van der Waals surface area contributed by atoms with E-state index in [4.69, 9.17) is 0 Å². The van der Waals surface area contributed by atoms with Gasteiger partial charge < -0.3 is 4.90 Å². The van der Waals surface area contributed by atoms with Crippen LogP contribution in [0, 0.1) is 0 Å². The second kappa shape index (κ2) is 7.17. The Labute approximate surface area is 155 Å².